The van der Waals surface area contributed by atoms with Crippen molar-refractivity contribution in [3.8, 4) is 5.75 Å². The van der Waals surface area contributed by atoms with Crippen molar-refractivity contribution in [2.45, 2.75) is 0 Å². The van der Waals surface area contributed by atoms with Crippen molar-refractivity contribution in [2.75, 3.05) is 12.1 Å². The minimum absolute atomic E-state index is 0.154. The molecular formula is C14H12ClN2O5S-. The van der Waals surface area contributed by atoms with E-state index in [2.05, 4.69) is 0 Å². The minimum atomic E-state index is -4.90. The maximum Gasteiger partial charge on any atom is 0.273 e. The van der Waals surface area contributed by atoms with Crippen LogP contribution in [0.2, 0.25) is 5.02 Å². The fourth-order valence-corrected chi connectivity index (χ4v) is 2.31. The first-order valence-electron chi connectivity index (χ1n) is 6.27. The largest absolute Gasteiger partial charge is 0.734 e. The normalized spacial score (nSPS) is 11.1. The molecule has 2 aromatic carbocycles. The number of hydrogen-bond donors (Lipinski definition) is 1. The summed E-state index contributed by atoms with van der Waals surface area (Å²) in [6.45, 7) is 0. The minimum Gasteiger partial charge on any atom is -0.734 e. The number of anilines is 1. The van der Waals surface area contributed by atoms with E-state index >= 15 is 0 Å². The van der Waals surface area contributed by atoms with Gasteiger partial charge in [-0.15, -0.1) is 4.83 Å². The third kappa shape index (κ3) is 4.67. The van der Waals surface area contributed by atoms with Crippen LogP contribution in [0.1, 0.15) is 10.4 Å². The van der Waals surface area contributed by atoms with Crippen molar-refractivity contribution in [3.63, 3.8) is 0 Å². The van der Waals surface area contributed by atoms with Gasteiger partial charge in [0.2, 0.25) is 0 Å². The summed E-state index contributed by atoms with van der Waals surface area (Å²) in [5.41, 5.74) is 0.312. The molecule has 0 aliphatic carbocycles. The quantitative estimate of drug-likeness (QED) is 0.653. The topological polar surface area (TPSA) is 98.8 Å². The van der Waals surface area contributed by atoms with Crippen LogP contribution in [0.25, 0.3) is 0 Å². The SMILES string of the molecule is COc1ccc(N(NS(=O)(=O)[O-])C(=O)c2ccc(Cl)cc2)cc1. The predicted molar refractivity (Wildman–Crippen MR) is 84.1 cm³/mol. The number of carbonyl (C=O) groups is 1. The first-order chi connectivity index (χ1) is 10.8. The molecule has 0 heterocycles. The van der Waals surface area contributed by atoms with Gasteiger partial charge in [0.15, 0.2) is 10.3 Å². The van der Waals surface area contributed by atoms with Crippen LogP contribution in [-0.4, -0.2) is 26.0 Å². The molecule has 0 atom stereocenters. The van der Waals surface area contributed by atoms with Crippen molar-refractivity contribution in [3.05, 3.63) is 59.1 Å². The van der Waals surface area contributed by atoms with Crippen molar-refractivity contribution < 1.29 is 22.5 Å². The Bertz CT molecular complexity index is 791. The van der Waals surface area contributed by atoms with E-state index in [0.29, 0.717) is 15.8 Å². The zero-order valence-corrected chi connectivity index (χ0v) is 13.5. The molecule has 7 nitrogen and oxygen atoms in total. The van der Waals surface area contributed by atoms with Gasteiger partial charge in [-0.1, -0.05) is 11.6 Å². The summed E-state index contributed by atoms with van der Waals surface area (Å²) >= 11 is 5.75. The van der Waals surface area contributed by atoms with Crippen LogP contribution < -0.4 is 14.6 Å². The molecule has 122 valence electrons. The number of methoxy groups -OCH3 is 1. The van der Waals surface area contributed by atoms with Gasteiger partial charge in [0, 0.05) is 10.6 Å². The Morgan fingerprint density at radius 2 is 1.70 bits per heavy atom. The average Bonchev–Trinajstić information content (AvgIpc) is 2.52. The van der Waals surface area contributed by atoms with Gasteiger partial charge in [-0.05, 0) is 48.5 Å². The second-order valence-electron chi connectivity index (χ2n) is 4.39. The monoisotopic (exact) mass is 355 g/mol. The summed E-state index contributed by atoms with van der Waals surface area (Å²) in [7, 11) is -3.44. The number of hydrazine groups is 1. The third-order valence-corrected chi connectivity index (χ3v) is 3.49. The Hall–Kier alpha value is -2.13. The fourth-order valence-electron chi connectivity index (χ4n) is 1.78. The van der Waals surface area contributed by atoms with Crippen LogP contribution in [0.3, 0.4) is 0 Å². The smallest absolute Gasteiger partial charge is 0.273 e. The lowest BCUT2D eigenvalue weighted by Crippen LogP contribution is -2.46. The second kappa shape index (κ2) is 6.97. The highest BCUT2D eigenvalue weighted by atomic mass is 35.5. The van der Waals surface area contributed by atoms with Crippen molar-refractivity contribution >= 4 is 33.5 Å². The molecule has 0 aromatic heterocycles. The molecule has 23 heavy (non-hydrogen) atoms. The van der Waals surface area contributed by atoms with Crippen LogP contribution >= 0.6 is 11.6 Å². The van der Waals surface area contributed by atoms with E-state index in [1.54, 1.807) is 4.83 Å². The molecule has 0 aliphatic rings. The molecule has 0 bridgehead atoms. The van der Waals surface area contributed by atoms with Gasteiger partial charge in [0.25, 0.3) is 5.91 Å². The number of rotatable bonds is 5. The van der Waals surface area contributed by atoms with Gasteiger partial charge in [-0.3, -0.25) is 4.79 Å². The van der Waals surface area contributed by atoms with E-state index in [1.807, 2.05) is 0 Å². The molecule has 0 spiro atoms. The highest BCUT2D eigenvalue weighted by Gasteiger charge is 2.20. The van der Waals surface area contributed by atoms with Crippen LogP contribution in [0.15, 0.2) is 48.5 Å². The van der Waals surface area contributed by atoms with Crippen LogP contribution in [0.5, 0.6) is 5.75 Å². The summed E-state index contributed by atoms with van der Waals surface area (Å²) in [6, 6.07) is 11.7. The molecule has 2 aromatic rings. The number of nitrogens with zero attached hydrogens (tertiary/aromatic N) is 1. The molecule has 0 saturated heterocycles. The summed E-state index contributed by atoms with van der Waals surface area (Å²) < 4.78 is 38.1. The van der Waals surface area contributed by atoms with E-state index in [4.69, 9.17) is 16.3 Å². The lowest BCUT2D eigenvalue weighted by molar-refractivity contribution is 0.0980. The lowest BCUT2D eigenvalue weighted by atomic mass is 10.2. The maximum atomic E-state index is 12.5. The molecule has 0 aliphatic heterocycles. The lowest BCUT2D eigenvalue weighted by Gasteiger charge is -2.25. The van der Waals surface area contributed by atoms with Gasteiger partial charge in [0.05, 0.1) is 12.8 Å². The van der Waals surface area contributed by atoms with Crippen LogP contribution in [0.4, 0.5) is 5.69 Å². The van der Waals surface area contributed by atoms with Crippen molar-refractivity contribution in [1.29, 1.82) is 0 Å². The summed E-state index contributed by atoms with van der Waals surface area (Å²) in [5, 5.41) is 1.06. The Labute approximate surface area is 138 Å². The number of halogens is 1. The Morgan fingerprint density at radius 1 is 1.13 bits per heavy atom. The number of hydrogen-bond acceptors (Lipinski definition) is 5. The van der Waals surface area contributed by atoms with E-state index in [0.717, 1.165) is 0 Å². The van der Waals surface area contributed by atoms with Gasteiger partial charge in [-0.2, -0.15) is 0 Å². The number of ether oxygens (including phenoxy) is 1. The standard InChI is InChI=1S/C14H13ClN2O5S/c1-22-13-8-6-12(7-9-13)17(16-23(19,20)21)14(18)10-2-4-11(15)5-3-10/h2-9,16H,1H3,(H,19,20,21)/p-1. The van der Waals surface area contributed by atoms with Crippen molar-refractivity contribution in [2.24, 2.45) is 0 Å². The molecule has 2 rings (SSSR count). The highest BCUT2D eigenvalue weighted by molar-refractivity contribution is 7.83. The zero-order valence-electron chi connectivity index (χ0n) is 11.9. The zero-order chi connectivity index (χ0) is 17.0. The third-order valence-electron chi connectivity index (χ3n) is 2.83. The number of carbonyl (C=O) groups excluding carboxylic acids is 1. The summed E-state index contributed by atoms with van der Waals surface area (Å²) in [4.78, 5) is 14.1. The fraction of sp³-hybridized carbons (Fsp3) is 0.0714. The van der Waals surface area contributed by atoms with E-state index < -0.39 is 16.2 Å². The summed E-state index contributed by atoms with van der Waals surface area (Å²) in [6.07, 6.45) is 0. The van der Waals surface area contributed by atoms with Gasteiger partial charge in [0.1, 0.15) is 5.75 Å². The predicted octanol–water partition coefficient (Wildman–Crippen LogP) is 1.96. The molecule has 1 N–H and O–H groups in total. The first kappa shape index (κ1) is 17.2. The highest BCUT2D eigenvalue weighted by Crippen LogP contribution is 2.21. The van der Waals surface area contributed by atoms with Crippen LogP contribution in [-0.2, 0) is 10.3 Å². The van der Waals surface area contributed by atoms with Crippen LogP contribution in [0, 0.1) is 0 Å². The van der Waals surface area contributed by atoms with E-state index in [1.165, 1.54) is 55.6 Å². The molecule has 0 unspecified atom stereocenters. The van der Waals surface area contributed by atoms with Gasteiger partial charge >= 0.3 is 0 Å². The van der Waals surface area contributed by atoms with E-state index in [9.17, 15) is 17.8 Å². The summed E-state index contributed by atoms with van der Waals surface area (Å²) in [5.74, 6) is -0.219. The Morgan fingerprint density at radius 3 is 2.17 bits per heavy atom. The molecule has 0 fully saturated rings. The average molecular weight is 356 g/mol. The second-order valence-corrected chi connectivity index (χ2v) is 5.92. The number of nitrogens with one attached hydrogen (secondary N) is 1. The van der Waals surface area contributed by atoms with Gasteiger partial charge in [-0.25, -0.2) is 13.4 Å². The molecule has 0 saturated carbocycles. The molecule has 0 radical (unpaired) electrons. The molecule has 1 amide bonds. The van der Waals surface area contributed by atoms with E-state index in [-0.39, 0.29) is 11.3 Å². The Kier molecular flexibility index (Phi) is 5.22. The number of amides is 1. The Balaban J connectivity index is 2.40. The first-order valence-corrected chi connectivity index (χ1v) is 8.06. The maximum absolute atomic E-state index is 12.5. The molecule has 9 heteroatoms. The molecular weight excluding hydrogens is 344 g/mol. The number of benzene rings is 2. The van der Waals surface area contributed by atoms with Crippen molar-refractivity contribution in [1.82, 2.24) is 4.83 Å². The van der Waals surface area contributed by atoms with Gasteiger partial charge < -0.3 is 9.29 Å².